The maximum absolute atomic E-state index is 6.19. The maximum atomic E-state index is 6.19. The number of hydrogen-bond donors (Lipinski definition) is 0. The van der Waals surface area contributed by atoms with E-state index < -0.39 is 8.80 Å². The molecule has 0 radical (unpaired) electrons. The Kier molecular flexibility index (Phi) is 5.29. The van der Waals surface area contributed by atoms with Crippen molar-refractivity contribution in [2.45, 2.75) is 70.1 Å². The van der Waals surface area contributed by atoms with Crippen molar-refractivity contribution in [2.24, 2.45) is 5.92 Å². The Morgan fingerprint density at radius 1 is 1.15 bits per heavy atom. The Labute approximate surface area is 124 Å². The molecule has 0 aromatic rings. The lowest BCUT2D eigenvalue weighted by molar-refractivity contribution is 0.0657. The molecule has 2 fully saturated rings. The van der Waals surface area contributed by atoms with E-state index in [2.05, 4.69) is 20.8 Å². The van der Waals surface area contributed by atoms with E-state index in [9.17, 15) is 0 Å². The van der Waals surface area contributed by atoms with Gasteiger partial charge in [0.1, 0.15) is 0 Å². The van der Waals surface area contributed by atoms with Gasteiger partial charge in [-0.25, -0.2) is 0 Å². The van der Waals surface area contributed by atoms with Crippen molar-refractivity contribution < 1.29 is 18.0 Å². The van der Waals surface area contributed by atoms with Crippen LogP contribution in [0.5, 0.6) is 0 Å². The van der Waals surface area contributed by atoms with Crippen LogP contribution in [0.25, 0.3) is 0 Å². The molecule has 1 saturated carbocycles. The number of ether oxygens (including phenoxy) is 1. The van der Waals surface area contributed by atoms with E-state index in [1.807, 2.05) is 0 Å². The fourth-order valence-electron chi connectivity index (χ4n) is 3.27. The molecule has 0 spiro atoms. The summed E-state index contributed by atoms with van der Waals surface area (Å²) >= 11 is 0. The molecule has 0 N–H and O–H groups in total. The Hall–Kier alpha value is 0.0569. The molecule has 1 aliphatic heterocycles. The highest BCUT2D eigenvalue weighted by Gasteiger charge is 2.53. The molecule has 5 heteroatoms. The molecule has 0 amide bonds. The van der Waals surface area contributed by atoms with Crippen molar-refractivity contribution in [2.75, 3.05) is 20.8 Å². The molecule has 0 bridgehead atoms. The van der Waals surface area contributed by atoms with E-state index in [1.165, 1.54) is 19.3 Å². The van der Waals surface area contributed by atoms with Gasteiger partial charge in [0.05, 0.1) is 12.2 Å². The predicted octanol–water partition coefficient (Wildman–Crippen LogP) is 3.38. The molecule has 2 aliphatic rings. The lowest BCUT2D eigenvalue weighted by atomic mass is 9.87. The molecular weight excluding hydrogens is 272 g/mol. The van der Waals surface area contributed by atoms with Gasteiger partial charge >= 0.3 is 8.80 Å². The van der Waals surface area contributed by atoms with Gasteiger partial charge in [-0.2, -0.15) is 0 Å². The van der Waals surface area contributed by atoms with E-state index in [-0.39, 0.29) is 5.04 Å². The van der Waals surface area contributed by atoms with Crippen LogP contribution in [-0.4, -0.2) is 41.8 Å². The van der Waals surface area contributed by atoms with E-state index in [0.29, 0.717) is 12.2 Å². The number of rotatable bonds is 8. The van der Waals surface area contributed by atoms with Crippen LogP contribution < -0.4 is 0 Å². The summed E-state index contributed by atoms with van der Waals surface area (Å²) in [6, 6.07) is 0. The molecule has 1 saturated heterocycles. The van der Waals surface area contributed by atoms with Gasteiger partial charge in [-0.15, -0.1) is 0 Å². The SMILES string of the molecule is CCC(C)(C)[Si](OC)(OC)OCCC1CCC2OC2C1. The highest BCUT2D eigenvalue weighted by atomic mass is 28.4. The molecule has 1 aliphatic carbocycles. The second-order valence-electron chi connectivity index (χ2n) is 6.73. The topological polar surface area (TPSA) is 40.2 Å². The largest absolute Gasteiger partial charge is 0.506 e. The number of fused-ring (bicyclic) bond motifs is 1. The standard InChI is InChI=1S/C15H30O4Si/c1-6-15(2,3)20(16-4,17-5)18-10-9-12-7-8-13-14(11-12)19-13/h12-14H,6-11H2,1-5H3. The zero-order valence-electron chi connectivity index (χ0n) is 13.6. The summed E-state index contributed by atoms with van der Waals surface area (Å²) in [7, 11) is 0.844. The minimum absolute atomic E-state index is 0.0479. The normalized spacial score (nSPS) is 30.1. The average Bonchev–Trinajstić information content (AvgIpc) is 3.22. The van der Waals surface area contributed by atoms with Gasteiger partial charge in [-0.05, 0) is 38.0 Å². The lowest BCUT2D eigenvalue weighted by Gasteiger charge is -2.39. The van der Waals surface area contributed by atoms with Crippen molar-refractivity contribution >= 4 is 8.80 Å². The van der Waals surface area contributed by atoms with E-state index >= 15 is 0 Å². The molecule has 2 rings (SSSR count). The van der Waals surface area contributed by atoms with Crippen molar-refractivity contribution in [1.29, 1.82) is 0 Å². The monoisotopic (exact) mass is 302 g/mol. The molecular formula is C15H30O4Si. The highest BCUT2D eigenvalue weighted by molar-refractivity contribution is 6.64. The first-order valence-corrected chi connectivity index (χ1v) is 9.60. The Morgan fingerprint density at radius 3 is 2.40 bits per heavy atom. The second kappa shape index (κ2) is 6.44. The summed E-state index contributed by atoms with van der Waals surface area (Å²) < 4.78 is 23.2. The van der Waals surface area contributed by atoms with Crippen LogP contribution in [0.3, 0.4) is 0 Å². The molecule has 118 valence electrons. The summed E-state index contributed by atoms with van der Waals surface area (Å²) in [5.74, 6) is 0.740. The number of hydrogen-bond acceptors (Lipinski definition) is 4. The predicted molar refractivity (Wildman–Crippen MR) is 80.7 cm³/mol. The van der Waals surface area contributed by atoms with Crippen molar-refractivity contribution in [3.05, 3.63) is 0 Å². The Morgan fingerprint density at radius 2 is 1.85 bits per heavy atom. The van der Waals surface area contributed by atoms with Crippen LogP contribution in [0.4, 0.5) is 0 Å². The third-order valence-corrected chi connectivity index (χ3v) is 8.85. The average molecular weight is 302 g/mol. The van der Waals surface area contributed by atoms with Gasteiger partial charge in [0.15, 0.2) is 0 Å². The quantitative estimate of drug-likeness (QED) is 0.509. The van der Waals surface area contributed by atoms with Crippen LogP contribution in [0.1, 0.15) is 52.9 Å². The Bertz CT molecular complexity index is 317. The first-order valence-electron chi connectivity index (χ1n) is 7.87. The van der Waals surface area contributed by atoms with Crippen molar-refractivity contribution in [3.8, 4) is 0 Å². The third kappa shape index (κ3) is 3.27. The van der Waals surface area contributed by atoms with Crippen molar-refractivity contribution in [3.63, 3.8) is 0 Å². The number of epoxide rings is 1. The Balaban J connectivity index is 1.82. The zero-order chi connectivity index (χ0) is 14.8. The van der Waals surface area contributed by atoms with E-state index in [4.69, 9.17) is 18.0 Å². The summed E-state index contributed by atoms with van der Waals surface area (Å²) in [6.45, 7) is 7.25. The first-order chi connectivity index (χ1) is 9.48. The highest BCUT2D eigenvalue weighted by Crippen LogP contribution is 2.43. The van der Waals surface area contributed by atoms with E-state index in [0.717, 1.165) is 25.4 Å². The summed E-state index contributed by atoms with van der Waals surface area (Å²) in [5, 5.41) is -0.0479. The summed E-state index contributed by atoms with van der Waals surface area (Å²) in [5.41, 5.74) is 0. The van der Waals surface area contributed by atoms with Gasteiger partial charge < -0.3 is 18.0 Å². The summed E-state index contributed by atoms with van der Waals surface area (Å²) in [4.78, 5) is 0. The fourth-order valence-corrected chi connectivity index (χ4v) is 5.99. The summed E-state index contributed by atoms with van der Waals surface area (Å²) in [6.07, 6.45) is 6.92. The zero-order valence-corrected chi connectivity index (χ0v) is 14.6. The third-order valence-electron chi connectivity index (χ3n) is 5.18. The molecule has 4 nitrogen and oxygen atoms in total. The smallest absolute Gasteiger partial charge is 0.377 e. The molecule has 3 unspecified atom stereocenters. The van der Waals surface area contributed by atoms with E-state index in [1.54, 1.807) is 14.2 Å². The lowest BCUT2D eigenvalue weighted by Crippen LogP contribution is -2.53. The fraction of sp³-hybridized carbons (Fsp3) is 1.00. The minimum atomic E-state index is -2.59. The first kappa shape index (κ1) is 16.4. The van der Waals surface area contributed by atoms with Gasteiger partial charge in [0, 0.05) is 25.9 Å². The van der Waals surface area contributed by atoms with Gasteiger partial charge in [0.2, 0.25) is 0 Å². The minimum Gasteiger partial charge on any atom is -0.377 e. The molecule has 0 aromatic heterocycles. The van der Waals surface area contributed by atoms with Crippen LogP contribution in [0, 0.1) is 5.92 Å². The van der Waals surface area contributed by atoms with Crippen LogP contribution in [0.2, 0.25) is 5.04 Å². The second-order valence-corrected chi connectivity index (χ2v) is 10.3. The molecule has 3 atom stereocenters. The van der Waals surface area contributed by atoms with Gasteiger partial charge in [-0.1, -0.05) is 20.8 Å². The van der Waals surface area contributed by atoms with Gasteiger partial charge in [-0.3, -0.25) is 0 Å². The molecule has 0 aromatic carbocycles. The van der Waals surface area contributed by atoms with Gasteiger partial charge in [0.25, 0.3) is 0 Å². The van der Waals surface area contributed by atoms with Crippen LogP contribution in [-0.2, 0) is 18.0 Å². The van der Waals surface area contributed by atoms with Crippen LogP contribution in [0.15, 0.2) is 0 Å². The maximum Gasteiger partial charge on any atom is 0.506 e. The molecule has 1 heterocycles. The molecule has 20 heavy (non-hydrogen) atoms. The van der Waals surface area contributed by atoms with Crippen molar-refractivity contribution in [1.82, 2.24) is 0 Å². The van der Waals surface area contributed by atoms with Crippen LogP contribution >= 0.6 is 0 Å².